The molecule has 9 heteroatoms. The fourth-order valence-electron chi connectivity index (χ4n) is 2.99. The van der Waals surface area contributed by atoms with E-state index in [1.165, 1.54) is 28.8 Å². The number of aliphatic imine (C=N–C) groups is 1. The lowest BCUT2D eigenvalue weighted by molar-refractivity contribution is -0.384. The van der Waals surface area contributed by atoms with E-state index in [9.17, 15) is 19.7 Å². The predicted molar refractivity (Wildman–Crippen MR) is 96.5 cm³/mol. The first kappa shape index (κ1) is 18.1. The molecule has 26 heavy (non-hydrogen) atoms. The number of fused-ring (bicyclic) bond motifs is 1. The Morgan fingerprint density at radius 1 is 1.50 bits per heavy atom. The number of nitro groups is 1. The number of rotatable bonds is 4. The second-order valence-corrected chi connectivity index (χ2v) is 6.79. The van der Waals surface area contributed by atoms with Gasteiger partial charge in [-0.25, -0.2) is 9.79 Å². The van der Waals surface area contributed by atoms with Crippen LogP contribution in [0.1, 0.15) is 31.9 Å². The maximum atomic E-state index is 12.6. The maximum absolute atomic E-state index is 12.6. The molecule has 0 radical (unpaired) electrons. The van der Waals surface area contributed by atoms with Crippen molar-refractivity contribution < 1.29 is 19.2 Å². The second-order valence-electron chi connectivity index (χ2n) is 5.73. The fraction of sp³-hybridized carbons (Fsp3) is 0.353. The number of carbonyl (C=O) groups excluding carboxylic acids is 2. The van der Waals surface area contributed by atoms with Crippen molar-refractivity contribution in [3.05, 3.63) is 51.2 Å². The summed E-state index contributed by atoms with van der Waals surface area (Å²) in [7, 11) is 0. The lowest BCUT2D eigenvalue weighted by Gasteiger charge is -2.38. The van der Waals surface area contributed by atoms with Gasteiger partial charge in [0.1, 0.15) is 0 Å². The molecule has 1 saturated heterocycles. The topological polar surface area (TPSA) is 102 Å². The summed E-state index contributed by atoms with van der Waals surface area (Å²) in [5.41, 5.74) is 1.05. The smallest absolute Gasteiger partial charge is 0.338 e. The molecule has 0 saturated carbocycles. The van der Waals surface area contributed by atoms with Crippen molar-refractivity contribution in [1.82, 2.24) is 4.90 Å². The summed E-state index contributed by atoms with van der Waals surface area (Å²) >= 11 is 1.43. The quantitative estimate of drug-likeness (QED) is 0.455. The van der Waals surface area contributed by atoms with Crippen LogP contribution >= 0.6 is 11.8 Å². The average molecular weight is 375 g/mol. The highest BCUT2D eigenvalue weighted by Gasteiger charge is 2.41. The highest BCUT2D eigenvalue weighted by molar-refractivity contribution is 8.14. The molecule has 1 aromatic carbocycles. The van der Waals surface area contributed by atoms with Crippen molar-refractivity contribution in [3.8, 4) is 0 Å². The van der Waals surface area contributed by atoms with Gasteiger partial charge in [-0.2, -0.15) is 0 Å². The van der Waals surface area contributed by atoms with Crippen LogP contribution in [0.4, 0.5) is 5.69 Å². The van der Waals surface area contributed by atoms with Gasteiger partial charge < -0.3 is 4.74 Å². The summed E-state index contributed by atoms with van der Waals surface area (Å²) in [5, 5.41) is 11.7. The number of benzene rings is 1. The molecule has 0 unspecified atom stereocenters. The van der Waals surface area contributed by atoms with E-state index in [0.29, 0.717) is 28.6 Å². The molecule has 0 spiro atoms. The molecule has 2 heterocycles. The van der Waals surface area contributed by atoms with Crippen LogP contribution in [-0.4, -0.2) is 39.2 Å². The fourth-order valence-corrected chi connectivity index (χ4v) is 4.00. The number of nitro benzene ring substituents is 1. The number of hydrogen-bond acceptors (Lipinski definition) is 7. The van der Waals surface area contributed by atoms with Gasteiger partial charge in [-0.3, -0.25) is 19.8 Å². The van der Waals surface area contributed by atoms with Gasteiger partial charge in [0, 0.05) is 24.3 Å². The van der Waals surface area contributed by atoms with Crippen molar-refractivity contribution in [2.75, 3.05) is 12.4 Å². The number of hydrogen-bond donors (Lipinski definition) is 0. The van der Waals surface area contributed by atoms with Gasteiger partial charge in [-0.05, 0) is 19.4 Å². The number of thioether (sulfide) groups is 1. The third-order valence-corrected chi connectivity index (χ3v) is 5.05. The Bertz CT molecular complexity index is 849. The summed E-state index contributed by atoms with van der Waals surface area (Å²) in [5.74, 6) is -0.140. The zero-order valence-corrected chi connectivity index (χ0v) is 15.1. The standard InChI is InChI=1S/C17H17N3O5S/c1-3-25-16(22)14-10(2)18-17-19(13(21)7-8-26-17)15(14)11-5-4-6-12(9-11)20(23)24/h4-6,9,15H,3,7-8H2,1-2H3/t15-/m1/s1. The normalized spacial score (nSPS) is 19.8. The monoisotopic (exact) mass is 375 g/mol. The molecular formula is C17H17N3O5S. The van der Waals surface area contributed by atoms with Crippen LogP contribution in [0.2, 0.25) is 0 Å². The van der Waals surface area contributed by atoms with Crippen LogP contribution in [0.25, 0.3) is 0 Å². The van der Waals surface area contributed by atoms with E-state index in [1.54, 1.807) is 26.0 Å². The number of nitrogens with zero attached hydrogens (tertiary/aromatic N) is 3. The maximum Gasteiger partial charge on any atom is 0.338 e. The Morgan fingerprint density at radius 3 is 2.96 bits per heavy atom. The Hall–Kier alpha value is -2.68. The van der Waals surface area contributed by atoms with Crippen LogP contribution in [-0.2, 0) is 14.3 Å². The number of amides is 1. The highest BCUT2D eigenvalue weighted by Crippen LogP contribution is 2.40. The second kappa shape index (κ2) is 7.28. The molecular weight excluding hydrogens is 358 g/mol. The van der Waals surface area contributed by atoms with Gasteiger partial charge in [0.05, 0.1) is 28.8 Å². The summed E-state index contributed by atoms with van der Waals surface area (Å²) < 4.78 is 5.15. The first-order valence-corrected chi connectivity index (χ1v) is 9.08. The van der Waals surface area contributed by atoms with Gasteiger partial charge in [0.15, 0.2) is 5.17 Å². The Morgan fingerprint density at radius 2 is 2.27 bits per heavy atom. The molecule has 1 aromatic rings. The van der Waals surface area contributed by atoms with Gasteiger partial charge in [-0.15, -0.1) is 0 Å². The molecule has 0 bridgehead atoms. The predicted octanol–water partition coefficient (Wildman–Crippen LogP) is 2.81. The summed E-state index contributed by atoms with van der Waals surface area (Å²) in [6.07, 6.45) is 0.310. The number of esters is 1. The van der Waals surface area contributed by atoms with Crippen molar-refractivity contribution in [2.45, 2.75) is 26.3 Å². The first-order chi connectivity index (χ1) is 12.4. The van der Waals surface area contributed by atoms with Crippen LogP contribution in [0.15, 0.2) is 40.5 Å². The minimum Gasteiger partial charge on any atom is -0.463 e. The van der Waals surface area contributed by atoms with Gasteiger partial charge in [0.25, 0.3) is 5.69 Å². The van der Waals surface area contributed by atoms with Crippen molar-refractivity contribution in [2.24, 2.45) is 4.99 Å². The van der Waals surface area contributed by atoms with Crippen LogP contribution in [0.5, 0.6) is 0 Å². The molecule has 3 rings (SSSR count). The Kier molecular flexibility index (Phi) is 5.08. The number of carbonyl (C=O) groups is 2. The van der Waals surface area contributed by atoms with E-state index in [-0.39, 0.29) is 23.8 Å². The molecule has 1 atom stereocenters. The molecule has 2 aliphatic rings. The first-order valence-electron chi connectivity index (χ1n) is 8.09. The van der Waals surface area contributed by atoms with Crippen LogP contribution in [0, 0.1) is 10.1 Å². The molecule has 0 aliphatic carbocycles. The van der Waals surface area contributed by atoms with Crippen LogP contribution in [0.3, 0.4) is 0 Å². The van der Waals surface area contributed by atoms with E-state index in [1.807, 2.05) is 0 Å². The van der Waals surface area contributed by atoms with Gasteiger partial charge in [0.2, 0.25) is 5.91 Å². The van der Waals surface area contributed by atoms with Crippen molar-refractivity contribution >= 4 is 34.5 Å². The van der Waals surface area contributed by atoms with Crippen LogP contribution < -0.4 is 0 Å². The summed E-state index contributed by atoms with van der Waals surface area (Å²) in [6, 6.07) is 5.17. The zero-order valence-electron chi connectivity index (χ0n) is 14.3. The van der Waals surface area contributed by atoms with Gasteiger partial charge in [-0.1, -0.05) is 23.9 Å². The molecule has 1 fully saturated rings. The third-order valence-electron chi connectivity index (χ3n) is 4.10. The Labute approximate surface area is 154 Å². The van der Waals surface area contributed by atoms with E-state index < -0.39 is 16.9 Å². The van der Waals surface area contributed by atoms with Gasteiger partial charge >= 0.3 is 5.97 Å². The lowest BCUT2D eigenvalue weighted by atomic mass is 9.94. The molecule has 1 amide bonds. The number of ether oxygens (including phenoxy) is 1. The minimum atomic E-state index is -0.790. The van der Waals surface area contributed by atoms with E-state index in [4.69, 9.17) is 4.74 Å². The van der Waals surface area contributed by atoms with E-state index in [0.717, 1.165) is 0 Å². The van der Waals surface area contributed by atoms with Crippen molar-refractivity contribution in [3.63, 3.8) is 0 Å². The van der Waals surface area contributed by atoms with E-state index >= 15 is 0 Å². The molecule has 0 aromatic heterocycles. The Balaban J connectivity index is 2.17. The largest absolute Gasteiger partial charge is 0.463 e. The number of allylic oxidation sites excluding steroid dienone is 1. The summed E-state index contributed by atoms with van der Waals surface area (Å²) in [4.78, 5) is 41.7. The molecule has 136 valence electrons. The lowest BCUT2D eigenvalue weighted by Crippen LogP contribution is -2.45. The minimum absolute atomic E-state index is 0.107. The highest BCUT2D eigenvalue weighted by atomic mass is 32.2. The van der Waals surface area contributed by atoms with Crippen molar-refractivity contribution in [1.29, 1.82) is 0 Å². The molecule has 0 N–H and O–H groups in total. The summed E-state index contributed by atoms with van der Waals surface area (Å²) in [6.45, 7) is 3.55. The molecule has 8 nitrogen and oxygen atoms in total. The SMILES string of the molecule is CCOC(=O)C1=C(C)N=C2SCCC(=O)N2[C@@H]1c1cccc([N+](=O)[O-])c1. The average Bonchev–Trinajstić information content (AvgIpc) is 2.61. The zero-order chi connectivity index (χ0) is 18.8. The number of amidine groups is 1. The van der Waals surface area contributed by atoms with E-state index in [2.05, 4.69) is 4.99 Å². The number of non-ortho nitro benzene ring substituents is 1. The molecule has 2 aliphatic heterocycles. The third kappa shape index (κ3) is 3.22.